The first kappa shape index (κ1) is 13.4. The van der Waals surface area contributed by atoms with Gasteiger partial charge in [-0.1, -0.05) is 54.6 Å². The molecule has 0 radical (unpaired) electrons. The molecule has 1 atom stereocenters. The van der Waals surface area contributed by atoms with Crippen molar-refractivity contribution in [3.05, 3.63) is 71.8 Å². The Labute approximate surface area is 114 Å². The van der Waals surface area contributed by atoms with Crippen molar-refractivity contribution in [2.75, 3.05) is 6.61 Å². The normalized spacial score (nSPS) is 12.5. The molecule has 0 aliphatic carbocycles. The van der Waals surface area contributed by atoms with Crippen molar-refractivity contribution in [2.24, 2.45) is 0 Å². The number of benzene rings is 2. The Bertz CT molecular complexity index is 530. The second kappa shape index (κ2) is 6.76. The minimum Gasteiger partial charge on any atom is -0.489 e. The van der Waals surface area contributed by atoms with Crippen molar-refractivity contribution in [1.82, 2.24) is 0 Å². The molecule has 1 N–H and O–H groups in total. The van der Waals surface area contributed by atoms with Gasteiger partial charge in [-0.25, -0.2) is 0 Å². The molecule has 0 aliphatic rings. The molecule has 2 rings (SSSR count). The summed E-state index contributed by atoms with van der Waals surface area (Å²) in [6, 6.07) is 17.6. The molecule has 1 unspecified atom stereocenters. The van der Waals surface area contributed by atoms with E-state index in [4.69, 9.17) is 4.74 Å². The molecule has 19 heavy (non-hydrogen) atoms. The van der Waals surface area contributed by atoms with Crippen LogP contribution in [0.5, 0.6) is 5.75 Å². The summed E-state index contributed by atoms with van der Waals surface area (Å²) in [4.78, 5) is 0. The number of ether oxygens (including phenoxy) is 1. The van der Waals surface area contributed by atoms with Gasteiger partial charge in [-0.15, -0.1) is 0 Å². The third-order valence-corrected chi connectivity index (χ3v) is 2.81. The monoisotopic (exact) mass is 254 g/mol. The Morgan fingerprint density at radius 3 is 2.47 bits per heavy atom. The van der Waals surface area contributed by atoms with E-state index in [0.717, 1.165) is 16.9 Å². The molecule has 2 aromatic carbocycles. The summed E-state index contributed by atoms with van der Waals surface area (Å²) in [7, 11) is 0. The molecule has 0 aliphatic heterocycles. The summed E-state index contributed by atoms with van der Waals surface area (Å²) in [6.07, 6.45) is 3.47. The van der Waals surface area contributed by atoms with Crippen LogP contribution in [0.4, 0.5) is 0 Å². The van der Waals surface area contributed by atoms with Gasteiger partial charge >= 0.3 is 0 Å². The maximum atomic E-state index is 9.64. The second-order valence-electron chi connectivity index (χ2n) is 4.34. The Kier molecular flexibility index (Phi) is 4.76. The number of hydrogen-bond donors (Lipinski definition) is 1. The zero-order valence-corrected chi connectivity index (χ0v) is 11.0. The second-order valence-corrected chi connectivity index (χ2v) is 4.34. The molecule has 0 amide bonds. The van der Waals surface area contributed by atoms with Gasteiger partial charge in [-0.3, -0.25) is 0 Å². The highest BCUT2D eigenvalue weighted by Gasteiger charge is 2.06. The van der Waals surface area contributed by atoms with Crippen LogP contribution in [0.25, 0.3) is 6.08 Å². The third-order valence-electron chi connectivity index (χ3n) is 2.81. The Morgan fingerprint density at radius 1 is 1.05 bits per heavy atom. The maximum Gasteiger partial charge on any atom is 0.125 e. The average Bonchev–Trinajstić information content (AvgIpc) is 2.45. The fourth-order valence-corrected chi connectivity index (χ4v) is 1.84. The van der Waals surface area contributed by atoms with E-state index in [-0.39, 0.29) is 0 Å². The lowest BCUT2D eigenvalue weighted by Gasteiger charge is -2.11. The number of rotatable bonds is 5. The van der Waals surface area contributed by atoms with Crippen LogP contribution < -0.4 is 4.74 Å². The fraction of sp³-hybridized carbons (Fsp3) is 0.176. The van der Waals surface area contributed by atoms with Crippen LogP contribution in [0.2, 0.25) is 0 Å². The van der Waals surface area contributed by atoms with E-state index in [2.05, 4.69) is 0 Å². The first-order valence-corrected chi connectivity index (χ1v) is 6.39. The first-order valence-electron chi connectivity index (χ1n) is 6.39. The average molecular weight is 254 g/mol. The lowest BCUT2D eigenvalue weighted by Crippen LogP contribution is -2.00. The highest BCUT2D eigenvalue weighted by molar-refractivity contribution is 5.48. The van der Waals surface area contributed by atoms with E-state index in [1.54, 1.807) is 6.92 Å². The lowest BCUT2D eigenvalue weighted by atomic mass is 10.1. The van der Waals surface area contributed by atoms with Crippen molar-refractivity contribution in [3.63, 3.8) is 0 Å². The zero-order chi connectivity index (χ0) is 13.5. The van der Waals surface area contributed by atoms with Crippen molar-refractivity contribution < 1.29 is 9.84 Å². The number of hydrogen-bond acceptors (Lipinski definition) is 2. The van der Waals surface area contributed by atoms with Crippen LogP contribution in [0.3, 0.4) is 0 Å². The van der Waals surface area contributed by atoms with E-state index >= 15 is 0 Å². The molecule has 0 aromatic heterocycles. The molecule has 0 fully saturated rings. The summed E-state index contributed by atoms with van der Waals surface area (Å²) in [5, 5.41) is 9.64. The van der Waals surface area contributed by atoms with Gasteiger partial charge < -0.3 is 9.84 Å². The molecule has 0 bridgehead atoms. The van der Waals surface area contributed by atoms with Gasteiger partial charge in [-0.2, -0.15) is 0 Å². The number of para-hydroxylation sites is 1. The Morgan fingerprint density at radius 2 is 1.74 bits per heavy atom. The smallest absolute Gasteiger partial charge is 0.125 e. The van der Waals surface area contributed by atoms with Crippen molar-refractivity contribution in [1.29, 1.82) is 0 Å². The summed E-state index contributed by atoms with van der Waals surface area (Å²) < 4.78 is 5.67. The fourth-order valence-electron chi connectivity index (χ4n) is 1.84. The molecule has 0 saturated carbocycles. The van der Waals surface area contributed by atoms with Crippen LogP contribution in [-0.2, 0) is 0 Å². The van der Waals surface area contributed by atoms with E-state index in [0.29, 0.717) is 6.61 Å². The van der Waals surface area contributed by atoms with E-state index in [9.17, 15) is 5.11 Å². The highest BCUT2D eigenvalue weighted by atomic mass is 16.5. The SMILES string of the molecule is CC(O)c1ccccc1OC/C=C/c1ccccc1. The molecular weight excluding hydrogens is 236 g/mol. The van der Waals surface area contributed by atoms with Crippen LogP contribution >= 0.6 is 0 Å². The van der Waals surface area contributed by atoms with Gasteiger partial charge in [-0.05, 0) is 24.6 Å². The maximum absolute atomic E-state index is 9.64. The van der Waals surface area contributed by atoms with Gasteiger partial charge in [0.25, 0.3) is 0 Å². The van der Waals surface area contributed by atoms with Crippen LogP contribution in [0.15, 0.2) is 60.7 Å². The molecule has 0 heterocycles. The van der Waals surface area contributed by atoms with Crippen molar-refractivity contribution in [3.8, 4) is 5.75 Å². The van der Waals surface area contributed by atoms with Gasteiger partial charge in [0.05, 0.1) is 6.10 Å². The largest absolute Gasteiger partial charge is 0.489 e. The highest BCUT2D eigenvalue weighted by Crippen LogP contribution is 2.24. The first-order chi connectivity index (χ1) is 9.27. The molecule has 0 saturated heterocycles. The van der Waals surface area contributed by atoms with E-state index in [1.165, 1.54) is 0 Å². The van der Waals surface area contributed by atoms with Crippen LogP contribution in [0.1, 0.15) is 24.2 Å². The van der Waals surface area contributed by atoms with E-state index in [1.807, 2.05) is 66.7 Å². The summed E-state index contributed by atoms with van der Waals surface area (Å²) in [5.41, 5.74) is 1.96. The van der Waals surface area contributed by atoms with Gasteiger partial charge in [0.15, 0.2) is 0 Å². The van der Waals surface area contributed by atoms with Crippen LogP contribution in [-0.4, -0.2) is 11.7 Å². The van der Waals surface area contributed by atoms with Crippen LogP contribution in [0, 0.1) is 0 Å². The lowest BCUT2D eigenvalue weighted by molar-refractivity contribution is 0.193. The predicted molar refractivity (Wildman–Crippen MR) is 78.0 cm³/mol. The third kappa shape index (κ3) is 3.97. The molecule has 2 aromatic rings. The predicted octanol–water partition coefficient (Wildman–Crippen LogP) is 3.83. The minimum absolute atomic E-state index is 0.485. The topological polar surface area (TPSA) is 29.5 Å². The molecule has 2 nitrogen and oxygen atoms in total. The number of aliphatic hydroxyl groups is 1. The Balaban J connectivity index is 1.95. The standard InChI is InChI=1S/C17H18O2/c1-14(18)16-11-5-6-12-17(16)19-13-7-10-15-8-3-2-4-9-15/h2-12,14,18H,13H2,1H3/b10-7+. The minimum atomic E-state index is -0.519. The molecule has 2 heteroatoms. The number of aliphatic hydroxyl groups excluding tert-OH is 1. The molecular formula is C17H18O2. The van der Waals surface area contributed by atoms with Gasteiger partial charge in [0.1, 0.15) is 12.4 Å². The molecule has 0 spiro atoms. The quantitative estimate of drug-likeness (QED) is 0.878. The van der Waals surface area contributed by atoms with Gasteiger partial charge in [0, 0.05) is 5.56 Å². The summed E-state index contributed by atoms with van der Waals surface area (Å²) in [5.74, 6) is 0.732. The summed E-state index contributed by atoms with van der Waals surface area (Å²) in [6.45, 7) is 2.22. The van der Waals surface area contributed by atoms with Gasteiger partial charge in [0.2, 0.25) is 0 Å². The van der Waals surface area contributed by atoms with E-state index < -0.39 is 6.10 Å². The van der Waals surface area contributed by atoms with Crippen molar-refractivity contribution >= 4 is 6.08 Å². The molecule has 98 valence electrons. The zero-order valence-electron chi connectivity index (χ0n) is 11.0. The van der Waals surface area contributed by atoms with Crippen molar-refractivity contribution in [2.45, 2.75) is 13.0 Å². The summed E-state index contributed by atoms with van der Waals surface area (Å²) >= 11 is 0. The Hall–Kier alpha value is -2.06.